The molecular weight excluding hydrogens is 216 g/mol. The lowest BCUT2D eigenvalue weighted by Crippen LogP contribution is -2.00. The molecule has 0 heterocycles. The van der Waals surface area contributed by atoms with Crippen LogP contribution in [-0.2, 0) is 0 Å². The van der Waals surface area contributed by atoms with Crippen molar-refractivity contribution in [2.24, 2.45) is 5.92 Å². The Balaban J connectivity index is 1.95. The fourth-order valence-corrected chi connectivity index (χ4v) is 3.40. The van der Waals surface area contributed by atoms with Crippen molar-refractivity contribution < 1.29 is 0 Å². The summed E-state index contributed by atoms with van der Waals surface area (Å²) in [6, 6.07) is 0. The Kier molecular flexibility index (Phi) is 10.8. The minimum Gasteiger partial charge on any atom is -0.0654 e. The van der Waals surface area contributed by atoms with Gasteiger partial charge in [-0.2, -0.15) is 0 Å². The molecule has 0 aromatic carbocycles. The van der Waals surface area contributed by atoms with Crippen LogP contribution in [0.1, 0.15) is 110 Å². The van der Waals surface area contributed by atoms with E-state index >= 15 is 0 Å². The molecule has 0 aromatic rings. The van der Waals surface area contributed by atoms with Crippen LogP contribution in [0.2, 0.25) is 0 Å². The lowest BCUT2D eigenvalue weighted by Gasteiger charge is -2.15. The van der Waals surface area contributed by atoms with Gasteiger partial charge in [0.2, 0.25) is 0 Å². The zero-order chi connectivity index (χ0) is 12.9. The largest absolute Gasteiger partial charge is 0.0654 e. The first-order valence-electron chi connectivity index (χ1n) is 8.93. The first kappa shape index (κ1) is 16.1. The van der Waals surface area contributed by atoms with Gasteiger partial charge in [-0.25, -0.2) is 0 Å². The summed E-state index contributed by atoms with van der Waals surface area (Å²) in [4.78, 5) is 0. The molecule has 1 rings (SSSR count). The third-order valence-corrected chi connectivity index (χ3v) is 4.69. The van der Waals surface area contributed by atoms with Crippen LogP contribution in [-0.4, -0.2) is 0 Å². The van der Waals surface area contributed by atoms with E-state index in [1.165, 1.54) is 103 Å². The fraction of sp³-hybridized carbons (Fsp3) is 1.00. The molecular formula is C18H36. The fourth-order valence-electron chi connectivity index (χ4n) is 3.40. The SMILES string of the molecule is CCCCCCCCCC1CCCCCCCC1. The Morgan fingerprint density at radius 2 is 1.11 bits per heavy atom. The highest BCUT2D eigenvalue weighted by molar-refractivity contribution is 4.63. The van der Waals surface area contributed by atoms with E-state index in [0.717, 1.165) is 5.92 Å². The van der Waals surface area contributed by atoms with E-state index in [1.807, 2.05) is 0 Å². The van der Waals surface area contributed by atoms with Gasteiger partial charge < -0.3 is 0 Å². The summed E-state index contributed by atoms with van der Waals surface area (Å²) in [7, 11) is 0. The quantitative estimate of drug-likeness (QED) is 0.413. The van der Waals surface area contributed by atoms with E-state index in [0.29, 0.717) is 0 Å². The van der Waals surface area contributed by atoms with Crippen molar-refractivity contribution in [3.63, 3.8) is 0 Å². The maximum Gasteiger partial charge on any atom is -0.0414 e. The monoisotopic (exact) mass is 252 g/mol. The average Bonchev–Trinajstić information content (AvgIpc) is 2.51. The normalized spacial score (nSPS) is 19.2. The molecule has 1 aliphatic carbocycles. The standard InChI is InChI=1S/C18H36/c1-2-3-4-5-6-9-12-15-18-16-13-10-7-8-11-14-17-18/h18H,2-17H2,1H3. The van der Waals surface area contributed by atoms with Gasteiger partial charge in [0.1, 0.15) is 0 Å². The molecule has 1 aliphatic rings. The van der Waals surface area contributed by atoms with Crippen molar-refractivity contribution in [1.82, 2.24) is 0 Å². The van der Waals surface area contributed by atoms with Crippen molar-refractivity contribution in [3.8, 4) is 0 Å². The lowest BCUT2D eigenvalue weighted by molar-refractivity contribution is 0.382. The molecule has 108 valence electrons. The topological polar surface area (TPSA) is 0 Å². The minimum absolute atomic E-state index is 1.08. The predicted octanol–water partition coefficient (Wildman–Crippen LogP) is 6.88. The molecule has 0 bridgehead atoms. The molecule has 0 radical (unpaired) electrons. The molecule has 0 heteroatoms. The van der Waals surface area contributed by atoms with E-state index in [9.17, 15) is 0 Å². The summed E-state index contributed by atoms with van der Waals surface area (Å²) >= 11 is 0. The Bertz CT molecular complexity index is 151. The van der Waals surface area contributed by atoms with Gasteiger partial charge in [-0.15, -0.1) is 0 Å². The summed E-state index contributed by atoms with van der Waals surface area (Å²) in [6.07, 6.45) is 23.9. The van der Waals surface area contributed by atoms with Gasteiger partial charge >= 0.3 is 0 Å². The highest BCUT2D eigenvalue weighted by atomic mass is 14.2. The summed E-state index contributed by atoms with van der Waals surface area (Å²) in [5, 5.41) is 0. The Morgan fingerprint density at radius 3 is 1.72 bits per heavy atom. The molecule has 0 spiro atoms. The van der Waals surface area contributed by atoms with Gasteiger partial charge in [0.25, 0.3) is 0 Å². The van der Waals surface area contributed by atoms with Crippen LogP contribution < -0.4 is 0 Å². The predicted molar refractivity (Wildman–Crippen MR) is 83.0 cm³/mol. The van der Waals surface area contributed by atoms with Crippen molar-refractivity contribution in [2.45, 2.75) is 110 Å². The molecule has 0 amide bonds. The summed E-state index contributed by atoms with van der Waals surface area (Å²) in [5.74, 6) is 1.08. The van der Waals surface area contributed by atoms with E-state index in [1.54, 1.807) is 0 Å². The molecule has 0 aliphatic heterocycles. The van der Waals surface area contributed by atoms with E-state index < -0.39 is 0 Å². The average molecular weight is 252 g/mol. The molecule has 18 heavy (non-hydrogen) atoms. The zero-order valence-corrected chi connectivity index (χ0v) is 12.9. The highest BCUT2D eigenvalue weighted by Crippen LogP contribution is 2.26. The number of hydrogen-bond acceptors (Lipinski definition) is 0. The van der Waals surface area contributed by atoms with Gasteiger partial charge in [0.05, 0.1) is 0 Å². The van der Waals surface area contributed by atoms with Crippen LogP contribution in [0.4, 0.5) is 0 Å². The van der Waals surface area contributed by atoms with Crippen LogP contribution in [0, 0.1) is 5.92 Å². The molecule has 0 unspecified atom stereocenters. The van der Waals surface area contributed by atoms with Crippen molar-refractivity contribution in [3.05, 3.63) is 0 Å². The summed E-state index contributed by atoms with van der Waals surface area (Å²) < 4.78 is 0. The van der Waals surface area contributed by atoms with Crippen LogP contribution in [0.25, 0.3) is 0 Å². The first-order chi connectivity index (χ1) is 8.93. The van der Waals surface area contributed by atoms with Gasteiger partial charge in [-0.3, -0.25) is 0 Å². The second-order valence-electron chi connectivity index (χ2n) is 6.47. The van der Waals surface area contributed by atoms with Crippen LogP contribution >= 0.6 is 0 Å². The second kappa shape index (κ2) is 12.1. The van der Waals surface area contributed by atoms with E-state index in [-0.39, 0.29) is 0 Å². The zero-order valence-electron chi connectivity index (χ0n) is 12.9. The van der Waals surface area contributed by atoms with E-state index in [2.05, 4.69) is 6.92 Å². The summed E-state index contributed by atoms with van der Waals surface area (Å²) in [5.41, 5.74) is 0. The number of unbranched alkanes of at least 4 members (excludes halogenated alkanes) is 6. The number of hydrogen-bond donors (Lipinski definition) is 0. The third kappa shape index (κ3) is 9.00. The van der Waals surface area contributed by atoms with Gasteiger partial charge in [-0.1, -0.05) is 110 Å². The van der Waals surface area contributed by atoms with Crippen LogP contribution in [0.5, 0.6) is 0 Å². The molecule has 0 atom stereocenters. The molecule has 0 N–H and O–H groups in total. The molecule has 1 saturated carbocycles. The van der Waals surface area contributed by atoms with Crippen molar-refractivity contribution >= 4 is 0 Å². The molecule has 0 nitrogen and oxygen atoms in total. The van der Waals surface area contributed by atoms with Crippen LogP contribution in [0.3, 0.4) is 0 Å². The highest BCUT2D eigenvalue weighted by Gasteiger charge is 2.10. The van der Waals surface area contributed by atoms with Gasteiger partial charge in [0, 0.05) is 0 Å². The Morgan fingerprint density at radius 1 is 0.611 bits per heavy atom. The maximum atomic E-state index is 2.30. The molecule has 0 aromatic heterocycles. The van der Waals surface area contributed by atoms with Gasteiger partial charge in [0.15, 0.2) is 0 Å². The molecule has 0 saturated heterocycles. The summed E-state index contributed by atoms with van der Waals surface area (Å²) in [6.45, 7) is 2.30. The van der Waals surface area contributed by atoms with Gasteiger partial charge in [-0.05, 0) is 5.92 Å². The smallest absolute Gasteiger partial charge is 0.0414 e. The van der Waals surface area contributed by atoms with E-state index in [4.69, 9.17) is 0 Å². The lowest BCUT2D eigenvalue weighted by atomic mass is 9.91. The van der Waals surface area contributed by atoms with Crippen molar-refractivity contribution in [1.29, 1.82) is 0 Å². The Hall–Kier alpha value is 0. The Labute approximate surface area is 116 Å². The second-order valence-corrected chi connectivity index (χ2v) is 6.47. The molecule has 1 fully saturated rings. The van der Waals surface area contributed by atoms with Crippen molar-refractivity contribution in [2.75, 3.05) is 0 Å². The van der Waals surface area contributed by atoms with Crippen LogP contribution in [0.15, 0.2) is 0 Å². The maximum absolute atomic E-state index is 2.30. The third-order valence-electron chi connectivity index (χ3n) is 4.69. The number of rotatable bonds is 8. The first-order valence-corrected chi connectivity index (χ1v) is 8.93. The minimum atomic E-state index is 1.08.